The number of benzene rings is 3. The van der Waals surface area contributed by atoms with E-state index in [4.69, 9.17) is 10.5 Å². The molecule has 2 saturated carbocycles. The average Bonchev–Trinajstić information content (AvgIpc) is 3.29. The topological polar surface area (TPSA) is 202 Å². The van der Waals surface area contributed by atoms with E-state index in [0.29, 0.717) is 74.5 Å². The third kappa shape index (κ3) is 9.57. The molecule has 15 nitrogen and oxygen atoms in total. The number of carbonyl (C=O) groups excluding carboxylic acids is 2. The van der Waals surface area contributed by atoms with Crippen LogP contribution in [0.2, 0.25) is 0 Å². The molecule has 3 aromatic carbocycles. The van der Waals surface area contributed by atoms with Crippen LogP contribution in [0.4, 0.5) is 17.2 Å². The summed E-state index contributed by atoms with van der Waals surface area (Å²) in [6.45, 7) is 9.96. The number of nitrogens with one attached hydrogen (secondary N) is 1. The molecule has 16 heteroatoms. The lowest BCUT2D eigenvalue weighted by molar-refractivity contribution is -0.384. The van der Waals surface area contributed by atoms with Crippen molar-refractivity contribution >= 4 is 38.8 Å². The van der Waals surface area contributed by atoms with Crippen molar-refractivity contribution in [2.75, 3.05) is 56.6 Å². The second-order valence-electron chi connectivity index (χ2n) is 19.2. The van der Waals surface area contributed by atoms with Crippen molar-refractivity contribution in [1.29, 1.82) is 0 Å². The molecule has 0 radical (unpaired) electrons. The minimum Gasteiger partial charge on any atom is -0.497 e. The summed E-state index contributed by atoms with van der Waals surface area (Å²) in [5, 5.41) is 25.6. The van der Waals surface area contributed by atoms with E-state index in [1.165, 1.54) is 23.3 Å². The molecule has 2 amide bonds. The smallest absolute Gasteiger partial charge is 0.312 e. The lowest BCUT2D eigenvalue weighted by Gasteiger charge is -2.58. The number of hydrogen-bond acceptors (Lipinski definition) is 12. The number of nitrogens with two attached hydrogens (primary N) is 1. The highest BCUT2D eigenvalue weighted by molar-refractivity contribution is 7.91. The minimum atomic E-state index is -4.48. The highest BCUT2D eigenvalue weighted by Crippen LogP contribution is 2.53. The Labute approximate surface area is 381 Å². The molecule has 8 rings (SSSR count). The van der Waals surface area contributed by atoms with Gasteiger partial charge in [0.15, 0.2) is 0 Å². The maximum atomic E-state index is 14.3. The highest BCUT2D eigenvalue weighted by atomic mass is 32.2. The van der Waals surface area contributed by atoms with E-state index in [-0.39, 0.29) is 39.6 Å². The zero-order valence-electron chi connectivity index (χ0n) is 37.7. The van der Waals surface area contributed by atoms with Crippen LogP contribution in [0, 0.1) is 21.4 Å². The Balaban J connectivity index is 0.958. The number of piperazine rings is 1. The van der Waals surface area contributed by atoms with E-state index in [1.54, 1.807) is 20.1 Å². The predicted molar refractivity (Wildman–Crippen MR) is 248 cm³/mol. The first-order chi connectivity index (χ1) is 31.0. The van der Waals surface area contributed by atoms with Gasteiger partial charge in [0.25, 0.3) is 5.91 Å². The number of sulfone groups is 1. The number of ether oxygens (including phenoxy) is 1. The van der Waals surface area contributed by atoms with E-state index in [0.717, 1.165) is 57.3 Å². The summed E-state index contributed by atoms with van der Waals surface area (Å²) in [7, 11) is -2.87. The SMILES string of the molecule is COc1ccc(C(=O)N2CCN(C3CC4(CCN(c5ccc(C(N)=O)c(S(=O)(=O)c6cnc(NCC7CCC(C)(O)CC7)c([N+](=O)[O-])c6)c5)CC4)C3)[C@H](c3ccccc3C(C)C)C2)cc1. The zero-order chi connectivity index (χ0) is 46.3. The Kier molecular flexibility index (Phi) is 13.0. The second kappa shape index (κ2) is 18.4. The fraction of sp³-hybridized carbons (Fsp3) is 0.490. The van der Waals surface area contributed by atoms with Crippen LogP contribution in [0.15, 0.2) is 88.8 Å². The molecule has 2 aliphatic carbocycles. The summed E-state index contributed by atoms with van der Waals surface area (Å²) in [6, 6.07) is 21.9. The first-order valence-electron chi connectivity index (χ1n) is 22.8. The van der Waals surface area contributed by atoms with Crippen LogP contribution in [0.1, 0.15) is 116 Å². The van der Waals surface area contributed by atoms with E-state index < -0.39 is 36.9 Å². The van der Waals surface area contributed by atoms with Gasteiger partial charge < -0.3 is 30.7 Å². The maximum absolute atomic E-state index is 14.3. The number of nitrogens with zero attached hydrogens (tertiary/aromatic N) is 5. The van der Waals surface area contributed by atoms with Crippen molar-refractivity contribution in [3.63, 3.8) is 0 Å². The van der Waals surface area contributed by atoms with Gasteiger partial charge in [-0.2, -0.15) is 0 Å². The molecule has 0 bridgehead atoms. The number of hydrogen-bond donors (Lipinski definition) is 3. The third-order valence-electron chi connectivity index (χ3n) is 14.6. The molecule has 3 heterocycles. The van der Waals surface area contributed by atoms with Crippen LogP contribution in [0.25, 0.3) is 0 Å². The maximum Gasteiger partial charge on any atom is 0.312 e. The molecule has 1 atom stereocenters. The molecule has 4 fully saturated rings. The molecule has 65 heavy (non-hydrogen) atoms. The molecule has 2 aliphatic heterocycles. The van der Waals surface area contributed by atoms with Gasteiger partial charge >= 0.3 is 5.69 Å². The van der Waals surface area contributed by atoms with Crippen LogP contribution >= 0.6 is 0 Å². The van der Waals surface area contributed by atoms with Crippen LogP contribution in [0.5, 0.6) is 5.75 Å². The Morgan fingerprint density at radius 3 is 2.32 bits per heavy atom. The van der Waals surface area contributed by atoms with Gasteiger partial charge in [-0.1, -0.05) is 38.1 Å². The number of methoxy groups -OCH3 is 1. The van der Waals surface area contributed by atoms with E-state index in [9.17, 15) is 33.2 Å². The lowest BCUT2D eigenvalue weighted by Crippen LogP contribution is -2.60. The summed E-state index contributed by atoms with van der Waals surface area (Å²) < 4.78 is 33.9. The van der Waals surface area contributed by atoms with Crippen molar-refractivity contribution in [1.82, 2.24) is 14.8 Å². The number of piperidine rings is 1. The van der Waals surface area contributed by atoms with Gasteiger partial charge in [-0.15, -0.1) is 0 Å². The highest BCUT2D eigenvalue weighted by Gasteiger charge is 2.50. The van der Waals surface area contributed by atoms with Crippen molar-refractivity contribution in [3.8, 4) is 5.75 Å². The summed E-state index contributed by atoms with van der Waals surface area (Å²) in [4.78, 5) is 48.3. The molecule has 1 aromatic heterocycles. The van der Waals surface area contributed by atoms with Gasteiger partial charge in [-0.3, -0.25) is 24.6 Å². The largest absolute Gasteiger partial charge is 0.497 e. The summed E-state index contributed by atoms with van der Waals surface area (Å²) in [5.74, 6) is 0.241. The van der Waals surface area contributed by atoms with E-state index >= 15 is 0 Å². The van der Waals surface area contributed by atoms with Gasteiger partial charge in [0.2, 0.25) is 21.6 Å². The molecular weight excluding hydrogens is 847 g/mol. The Morgan fingerprint density at radius 2 is 1.68 bits per heavy atom. The molecule has 1 spiro atoms. The number of primary amides is 1. The molecular formula is C49H61N7O8S. The molecule has 4 aliphatic rings. The average molecular weight is 908 g/mol. The van der Waals surface area contributed by atoms with Gasteiger partial charge in [-0.05, 0) is 129 Å². The number of pyridine rings is 1. The summed E-state index contributed by atoms with van der Waals surface area (Å²) >= 11 is 0. The fourth-order valence-corrected chi connectivity index (χ4v) is 12.1. The normalized spacial score (nSPS) is 22.7. The second-order valence-corrected chi connectivity index (χ2v) is 21.1. The van der Waals surface area contributed by atoms with Crippen molar-refractivity contribution in [2.24, 2.45) is 17.1 Å². The van der Waals surface area contributed by atoms with E-state index in [1.807, 2.05) is 29.2 Å². The monoisotopic (exact) mass is 907 g/mol. The Bertz CT molecular complexity index is 2520. The molecule has 4 N–H and O–H groups in total. The van der Waals surface area contributed by atoms with Gasteiger partial charge in [-0.25, -0.2) is 13.4 Å². The van der Waals surface area contributed by atoms with Crippen molar-refractivity contribution in [2.45, 2.75) is 106 Å². The number of carbonyl (C=O) groups is 2. The summed E-state index contributed by atoms with van der Waals surface area (Å²) in [5.41, 5.74) is 8.23. The number of aromatic nitrogens is 1. The fourth-order valence-electron chi connectivity index (χ4n) is 10.6. The Hall–Kier alpha value is -5.58. The predicted octanol–water partition coefficient (Wildman–Crippen LogP) is 7.35. The van der Waals surface area contributed by atoms with Crippen LogP contribution < -0.4 is 20.7 Å². The zero-order valence-corrected chi connectivity index (χ0v) is 38.6. The quantitative estimate of drug-likeness (QED) is 0.0891. The summed E-state index contributed by atoms with van der Waals surface area (Å²) in [6.07, 6.45) is 7.65. The molecule has 346 valence electrons. The number of nitro groups is 1. The van der Waals surface area contributed by atoms with Gasteiger partial charge in [0.05, 0.1) is 39.0 Å². The van der Waals surface area contributed by atoms with Crippen LogP contribution in [-0.4, -0.2) is 103 Å². The molecule has 0 unspecified atom stereocenters. The van der Waals surface area contributed by atoms with Crippen molar-refractivity contribution in [3.05, 3.63) is 111 Å². The van der Waals surface area contributed by atoms with Crippen LogP contribution in [0.3, 0.4) is 0 Å². The first kappa shape index (κ1) is 46.0. The minimum absolute atomic E-state index is 0.0165. The lowest BCUT2D eigenvalue weighted by atomic mass is 9.59. The Morgan fingerprint density at radius 1 is 0.985 bits per heavy atom. The third-order valence-corrected chi connectivity index (χ3v) is 16.4. The first-order valence-corrected chi connectivity index (χ1v) is 24.3. The van der Waals surface area contributed by atoms with Crippen molar-refractivity contribution < 1.29 is 32.8 Å². The number of amides is 2. The molecule has 2 saturated heterocycles. The van der Waals surface area contributed by atoms with Gasteiger partial charge in [0.1, 0.15) is 5.75 Å². The number of anilines is 2. The standard InChI is InChI=1S/C49H61N7O8S/c1-32(2)39-7-5-6-8-40(39)43-31-54(47(58)34-9-12-37(64-4)13-10-34)23-24-55(43)36-27-49(28-36)19-21-53(22-20-49)35-11-14-41(45(50)57)44(25-35)65(62,63)38-26-42(56(60)61)46(52-30-38)51-29-33-15-17-48(3,59)18-16-33/h5-14,25-26,30,32-33,36,43,59H,15-24,27-29,31H2,1-4H3,(H2,50,57)(H,51,52)/t33?,43-,48?/m0/s1. The van der Waals surface area contributed by atoms with E-state index in [2.05, 4.69) is 58.2 Å². The number of rotatable bonds is 13. The van der Waals surface area contributed by atoms with Crippen LogP contribution in [-0.2, 0) is 9.84 Å². The van der Waals surface area contributed by atoms with Gasteiger partial charge in [0, 0.05) is 68.8 Å². The molecule has 4 aromatic rings. The number of aliphatic hydroxyl groups is 1.